The maximum Gasteiger partial charge on any atom is 0.242 e. The summed E-state index contributed by atoms with van der Waals surface area (Å²) in [4.78, 5) is 13.8. The third kappa shape index (κ3) is 4.24. The average molecular weight is 246 g/mol. The standard InChI is InChI=1S/C15H22N2O/c1-5-17(11-12(2)3)15(18)10-16-14-9-7-6-8-13(14)4/h6-9,16H,2,5,10-11H2,1,3-4H3. The number of amides is 1. The molecule has 0 radical (unpaired) electrons. The highest BCUT2D eigenvalue weighted by Gasteiger charge is 2.11. The van der Waals surface area contributed by atoms with Gasteiger partial charge in [-0.2, -0.15) is 0 Å². The molecule has 0 saturated heterocycles. The number of para-hydroxylation sites is 1. The molecule has 0 spiro atoms. The minimum atomic E-state index is 0.101. The second-order valence-electron chi connectivity index (χ2n) is 4.53. The maximum absolute atomic E-state index is 12.0. The number of aryl methyl sites for hydroxylation is 1. The third-order valence-corrected chi connectivity index (χ3v) is 2.77. The zero-order valence-corrected chi connectivity index (χ0v) is 11.5. The molecule has 1 rings (SSSR count). The summed E-state index contributed by atoms with van der Waals surface area (Å²) in [6, 6.07) is 7.96. The third-order valence-electron chi connectivity index (χ3n) is 2.77. The molecule has 3 heteroatoms. The quantitative estimate of drug-likeness (QED) is 0.783. The zero-order chi connectivity index (χ0) is 13.5. The molecule has 0 fully saturated rings. The molecule has 18 heavy (non-hydrogen) atoms. The smallest absolute Gasteiger partial charge is 0.242 e. The fourth-order valence-corrected chi connectivity index (χ4v) is 1.76. The molecule has 0 aliphatic carbocycles. The second-order valence-corrected chi connectivity index (χ2v) is 4.53. The van der Waals surface area contributed by atoms with E-state index in [2.05, 4.69) is 11.9 Å². The molecule has 0 atom stereocenters. The van der Waals surface area contributed by atoms with Crippen LogP contribution in [0.3, 0.4) is 0 Å². The van der Waals surface area contributed by atoms with E-state index in [1.165, 1.54) is 0 Å². The summed E-state index contributed by atoms with van der Waals surface area (Å²) in [6.45, 7) is 11.5. The summed E-state index contributed by atoms with van der Waals surface area (Å²) in [6.07, 6.45) is 0. The lowest BCUT2D eigenvalue weighted by Crippen LogP contribution is -2.36. The van der Waals surface area contributed by atoms with Gasteiger partial charge in [-0.1, -0.05) is 30.4 Å². The molecule has 0 saturated carbocycles. The Balaban J connectivity index is 2.54. The summed E-state index contributed by atoms with van der Waals surface area (Å²) >= 11 is 0. The van der Waals surface area contributed by atoms with E-state index in [4.69, 9.17) is 0 Å². The number of nitrogens with one attached hydrogen (secondary N) is 1. The Hall–Kier alpha value is -1.77. The predicted molar refractivity (Wildman–Crippen MR) is 76.7 cm³/mol. The molecular weight excluding hydrogens is 224 g/mol. The van der Waals surface area contributed by atoms with E-state index in [0.29, 0.717) is 19.6 Å². The second kappa shape index (κ2) is 6.84. The van der Waals surface area contributed by atoms with Gasteiger partial charge in [0, 0.05) is 18.8 Å². The fourth-order valence-electron chi connectivity index (χ4n) is 1.76. The number of likely N-dealkylation sites (N-methyl/N-ethyl adjacent to an activating group) is 1. The van der Waals surface area contributed by atoms with Crippen molar-refractivity contribution in [3.05, 3.63) is 42.0 Å². The highest BCUT2D eigenvalue weighted by Crippen LogP contribution is 2.12. The van der Waals surface area contributed by atoms with E-state index >= 15 is 0 Å². The van der Waals surface area contributed by atoms with E-state index in [9.17, 15) is 4.79 Å². The van der Waals surface area contributed by atoms with Gasteiger partial charge in [0.1, 0.15) is 0 Å². The van der Waals surface area contributed by atoms with Crippen LogP contribution >= 0.6 is 0 Å². The number of hydrogen-bond donors (Lipinski definition) is 1. The van der Waals surface area contributed by atoms with Gasteiger partial charge < -0.3 is 10.2 Å². The van der Waals surface area contributed by atoms with Gasteiger partial charge in [-0.05, 0) is 32.4 Å². The van der Waals surface area contributed by atoms with Crippen LogP contribution in [0.4, 0.5) is 5.69 Å². The van der Waals surface area contributed by atoms with Crippen LogP contribution in [-0.4, -0.2) is 30.4 Å². The SMILES string of the molecule is C=C(C)CN(CC)C(=O)CNc1ccccc1C. The largest absolute Gasteiger partial charge is 0.376 e. The normalized spacial score (nSPS) is 9.94. The first-order valence-corrected chi connectivity index (χ1v) is 6.26. The lowest BCUT2D eigenvalue weighted by Gasteiger charge is -2.21. The lowest BCUT2D eigenvalue weighted by atomic mass is 10.2. The van der Waals surface area contributed by atoms with E-state index in [1.807, 2.05) is 45.0 Å². The van der Waals surface area contributed by atoms with Crippen LogP contribution in [0.5, 0.6) is 0 Å². The van der Waals surface area contributed by atoms with Crippen molar-refractivity contribution in [1.29, 1.82) is 0 Å². The summed E-state index contributed by atoms with van der Waals surface area (Å²) in [5.41, 5.74) is 3.16. The van der Waals surface area contributed by atoms with Gasteiger partial charge in [-0.25, -0.2) is 0 Å². The van der Waals surface area contributed by atoms with Gasteiger partial charge in [0.05, 0.1) is 6.54 Å². The summed E-state index contributed by atoms with van der Waals surface area (Å²) in [7, 11) is 0. The molecule has 3 nitrogen and oxygen atoms in total. The molecule has 0 heterocycles. The van der Waals surface area contributed by atoms with Crippen LogP contribution < -0.4 is 5.32 Å². The molecule has 1 amide bonds. The monoisotopic (exact) mass is 246 g/mol. The van der Waals surface area contributed by atoms with Crippen molar-refractivity contribution < 1.29 is 4.79 Å². The Kier molecular flexibility index (Phi) is 5.43. The van der Waals surface area contributed by atoms with E-state index in [-0.39, 0.29) is 5.91 Å². The minimum absolute atomic E-state index is 0.101. The molecule has 1 aromatic rings. The number of nitrogens with zero attached hydrogens (tertiary/aromatic N) is 1. The van der Waals surface area contributed by atoms with E-state index in [0.717, 1.165) is 16.8 Å². The van der Waals surface area contributed by atoms with Crippen molar-refractivity contribution in [2.45, 2.75) is 20.8 Å². The van der Waals surface area contributed by atoms with E-state index < -0.39 is 0 Å². The molecule has 0 aromatic heterocycles. The first-order chi connectivity index (χ1) is 8.54. The first-order valence-electron chi connectivity index (χ1n) is 6.26. The number of carbonyl (C=O) groups excluding carboxylic acids is 1. The Morgan fingerprint density at radius 1 is 1.39 bits per heavy atom. The number of anilines is 1. The Morgan fingerprint density at radius 2 is 2.06 bits per heavy atom. The van der Waals surface area contributed by atoms with Crippen molar-refractivity contribution in [1.82, 2.24) is 4.90 Å². The van der Waals surface area contributed by atoms with Crippen LogP contribution in [0.2, 0.25) is 0 Å². The first kappa shape index (κ1) is 14.3. The van der Waals surface area contributed by atoms with Crippen molar-refractivity contribution in [2.24, 2.45) is 0 Å². The van der Waals surface area contributed by atoms with Crippen molar-refractivity contribution in [2.75, 3.05) is 25.0 Å². The predicted octanol–water partition coefficient (Wildman–Crippen LogP) is 2.83. The maximum atomic E-state index is 12.0. The molecule has 0 unspecified atom stereocenters. The number of benzene rings is 1. The van der Waals surface area contributed by atoms with Crippen LogP contribution in [0, 0.1) is 6.92 Å². The Bertz CT molecular complexity index is 426. The topological polar surface area (TPSA) is 32.3 Å². The van der Waals surface area contributed by atoms with Gasteiger partial charge in [0.25, 0.3) is 0 Å². The molecule has 1 N–H and O–H groups in total. The number of carbonyl (C=O) groups is 1. The highest BCUT2D eigenvalue weighted by molar-refractivity contribution is 5.81. The van der Waals surface area contributed by atoms with Gasteiger partial charge in [-0.3, -0.25) is 4.79 Å². The lowest BCUT2D eigenvalue weighted by molar-refractivity contribution is -0.128. The van der Waals surface area contributed by atoms with Crippen molar-refractivity contribution in [3.8, 4) is 0 Å². The molecule has 1 aromatic carbocycles. The number of rotatable bonds is 6. The van der Waals surface area contributed by atoms with Crippen LogP contribution in [-0.2, 0) is 4.79 Å². The van der Waals surface area contributed by atoms with Gasteiger partial charge in [-0.15, -0.1) is 0 Å². The van der Waals surface area contributed by atoms with Gasteiger partial charge in [0.15, 0.2) is 0 Å². The van der Waals surface area contributed by atoms with E-state index in [1.54, 1.807) is 4.90 Å². The summed E-state index contributed by atoms with van der Waals surface area (Å²) in [5, 5.41) is 3.18. The summed E-state index contributed by atoms with van der Waals surface area (Å²) < 4.78 is 0. The van der Waals surface area contributed by atoms with Crippen molar-refractivity contribution in [3.63, 3.8) is 0 Å². The Labute approximate surface area is 109 Å². The summed E-state index contributed by atoms with van der Waals surface area (Å²) in [5.74, 6) is 0.101. The highest BCUT2D eigenvalue weighted by atomic mass is 16.2. The Morgan fingerprint density at radius 3 is 2.61 bits per heavy atom. The minimum Gasteiger partial charge on any atom is -0.376 e. The molecule has 0 bridgehead atoms. The van der Waals surface area contributed by atoms with Crippen molar-refractivity contribution >= 4 is 11.6 Å². The average Bonchev–Trinajstić information content (AvgIpc) is 2.34. The van der Waals surface area contributed by atoms with Crippen LogP contribution in [0.15, 0.2) is 36.4 Å². The van der Waals surface area contributed by atoms with Gasteiger partial charge >= 0.3 is 0 Å². The molecular formula is C15H22N2O. The molecule has 0 aliphatic rings. The zero-order valence-electron chi connectivity index (χ0n) is 11.5. The van der Waals surface area contributed by atoms with Crippen LogP contribution in [0.25, 0.3) is 0 Å². The fraction of sp³-hybridized carbons (Fsp3) is 0.400. The van der Waals surface area contributed by atoms with Crippen LogP contribution in [0.1, 0.15) is 19.4 Å². The van der Waals surface area contributed by atoms with Gasteiger partial charge in [0.2, 0.25) is 5.91 Å². The molecule has 0 aliphatic heterocycles. The number of hydrogen-bond acceptors (Lipinski definition) is 2. The molecule has 98 valence electrons.